The van der Waals surface area contributed by atoms with Crippen molar-refractivity contribution < 1.29 is 18.3 Å². The average molecular weight is 288 g/mol. The Morgan fingerprint density at radius 2 is 2.05 bits per heavy atom. The Balaban J connectivity index is 2.85. The van der Waals surface area contributed by atoms with E-state index >= 15 is 0 Å². The van der Waals surface area contributed by atoms with Crippen molar-refractivity contribution in [2.24, 2.45) is 0 Å². The molecule has 0 fully saturated rings. The number of aliphatic hydroxyl groups is 1. The molecule has 108 valence electrons. The lowest BCUT2D eigenvalue weighted by Crippen LogP contribution is -2.27. The molecule has 1 aromatic rings. The Hall–Kier alpha value is -1.15. The first-order valence-corrected chi connectivity index (χ1v) is 7.49. The van der Waals surface area contributed by atoms with E-state index in [1.807, 2.05) is 0 Å². The number of anilines is 1. The van der Waals surface area contributed by atoms with Gasteiger partial charge in [0, 0.05) is 20.2 Å². The van der Waals surface area contributed by atoms with Gasteiger partial charge in [0.05, 0.1) is 18.4 Å². The predicted octanol–water partition coefficient (Wildman–Crippen LogP) is 0.404. The minimum absolute atomic E-state index is 0.168. The van der Waals surface area contributed by atoms with E-state index in [0.29, 0.717) is 12.2 Å². The van der Waals surface area contributed by atoms with Gasteiger partial charge in [-0.2, -0.15) is 0 Å². The third-order valence-corrected chi connectivity index (χ3v) is 4.00. The summed E-state index contributed by atoms with van der Waals surface area (Å²) in [5.41, 5.74) is 0.457. The van der Waals surface area contributed by atoms with Crippen LogP contribution in [0.5, 0.6) is 0 Å². The molecule has 1 atom stereocenters. The Bertz CT molecular complexity index is 490. The summed E-state index contributed by atoms with van der Waals surface area (Å²) in [6.07, 6.45) is -0.695. The van der Waals surface area contributed by atoms with Crippen molar-refractivity contribution in [2.75, 3.05) is 32.1 Å². The van der Waals surface area contributed by atoms with Crippen LogP contribution in [-0.2, 0) is 14.8 Å². The number of hydrogen-bond acceptors (Lipinski definition) is 5. The maximum absolute atomic E-state index is 12.0. The summed E-state index contributed by atoms with van der Waals surface area (Å²) >= 11 is 0. The fourth-order valence-electron chi connectivity index (χ4n) is 1.59. The molecular weight excluding hydrogens is 268 g/mol. The van der Waals surface area contributed by atoms with Crippen LogP contribution in [0.2, 0.25) is 0 Å². The van der Waals surface area contributed by atoms with Gasteiger partial charge >= 0.3 is 0 Å². The van der Waals surface area contributed by atoms with Crippen LogP contribution in [-0.4, -0.2) is 46.4 Å². The summed E-state index contributed by atoms with van der Waals surface area (Å²) in [7, 11) is -2.03. The molecule has 0 saturated carbocycles. The molecule has 0 amide bonds. The van der Waals surface area contributed by atoms with E-state index < -0.39 is 16.1 Å². The van der Waals surface area contributed by atoms with Crippen molar-refractivity contribution in [2.45, 2.75) is 17.9 Å². The zero-order valence-corrected chi connectivity index (χ0v) is 11.9. The molecule has 7 heteroatoms. The minimum atomic E-state index is -3.53. The molecule has 0 heterocycles. The number of sulfonamides is 1. The third-order valence-electron chi connectivity index (χ3n) is 2.40. The van der Waals surface area contributed by atoms with Gasteiger partial charge in [0.25, 0.3) is 0 Å². The number of methoxy groups -OCH3 is 1. The van der Waals surface area contributed by atoms with Gasteiger partial charge in [-0.05, 0) is 12.1 Å². The van der Waals surface area contributed by atoms with Crippen LogP contribution >= 0.6 is 0 Å². The monoisotopic (exact) mass is 288 g/mol. The maximum atomic E-state index is 12.0. The summed E-state index contributed by atoms with van der Waals surface area (Å²) in [5.74, 6) is 0. The molecule has 0 bridgehead atoms. The topological polar surface area (TPSA) is 87.7 Å². The van der Waals surface area contributed by atoms with Crippen molar-refractivity contribution >= 4 is 15.7 Å². The molecule has 0 spiro atoms. The van der Waals surface area contributed by atoms with Crippen molar-refractivity contribution in [3.63, 3.8) is 0 Å². The van der Waals surface area contributed by atoms with Gasteiger partial charge in [-0.3, -0.25) is 0 Å². The molecule has 1 aromatic carbocycles. The first-order valence-electron chi connectivity index (χ1n) is 6.00. The van der Waals surface area contributed by atoms with Crippen LogP contribution in [0.1, 0.15) is 6.92 Å². The highest BCUT2D eigenvalue weighted by Gasteiger charge is 2.17. The van der Waals surface area contributed by atoms with Crippen molar-refractivity contribution in [3.05, 3.63) is 24.3 Å². The van der Waals surface area contributed by atoms with Crippen LogP contribution in [0.4, 0.5) is 5.69 Å². The van der Waals surface area contributed by atoms with Crippen LogP contribution in [0.15, 0.2) is 29.2 Å². The van der Waals surface area contributed by atoms with E-state index in [4.69, 9.17) is 4.74 Å². The average Bonchev–Trinajstić information content (AvgIpc) is 2.37. The molecule has 3 N–H and O–H groups in total. The molecule has 0 aliphatic heterocycles. The Labute approximate surface area is 113 Å². The van der Waals surface area contributed by atoms with Gasteiger partial charge in [0.2, 0.25) is 10.0 Å². The van der Waals surface area contributed by atoms with Crippen LogP contribution in [0.25, 0.3) is 0 Å². The molecule has 6 nitrogen and oxygen atoms in total. The second-order valence-electron chi connectivity index (χ2n) is 3.99. The summed E-state index contributed by atoms with van der Waals surface area (Å²) in [5, 5.41) is 12.5. The van der Waals surface area contributed by atoms with E-state index in [1.165, 1.54) is 13.2 Å². The first kappa shape index (κ1) is 15.9. The molecule has 0 aromatic heterocycles. The minimum Gasteiger partial charge on any atom is -0.389 e. The highest BCUT2D eigenvalue weighted by atomic mass is 32.2. The highest BCUT2D eigenvalue weighted by molar-refractivity contribution is 7.89. The van der Waals surface area contributed by atoms with Crippen LogP contribution in [0, 0.1) is 0 Å². The number of nitrogens with one attached hydrogen (secondary N) is 2. The van der Waals surface area contributed by atoms with Crippen molar-refractivity contribution in [3.8, 4) is 0 Å². The van der Waals surface area contributed by atoms with Gasteiger partial charge in [-0.1, -0.05) is 19.1 Å². The van der Waals surface area contributed by atoms with Gasteiger partial charge < -0.3 is 15.2 Å². The Morgan fingerprint density at radius 3 is 2.68 bits per heavy atom. The second kappa shape index (κ2) is 7.44. The third kappa shape index (κ3) is 4.79. The normalized spacial score (nSPS) is 13.2. The largest absolute Gasteiger partial charge is 0.389 e. The lowest BCUT2D eigenvalue weighted by atomic mass is 10.3. The number of aliphatic hydroxyl groups excluding tert-OH is 1. The van der Waals surface area contributed by atoms with E-state index in [9.17, 15) is 13.5 Å². The fourth-order valence-corrected chi connectivity index (χ4v) is 2.82. The number of ether oxygens (including phenoxy) is 1. The van der Waals surface area contributed by atoms with E-state index in [0.717, 1.165) is 0 Å². The first-order chi connectivity index (χ1) is 9.01. The summed E-state index contributed by atoms with van der Waals surface area (Å²) in [6, 6.07) is 6.56. The number of hydrogen-bond donors (Lipinski definition) is 3. The molecule has 1 rings (SSSR count). The second-order valence-corrected chi connectivity index (χ2v) is 5.72. The fraction of sp³-hybridized carbons (Fsp3) is 0.500. The van der Waals surface area contributed by atoms with Gasteiger partial charge in [0.1, 0.15) is 4.90 Å². The molecule has 19 heavy (non-hydrogen) atoms. The molecule has 0 radical (unpaired) electrons. The van der Waals surface area contributed by atoms with Crippen molar-refractivity contribution in [1.29, 1.82) is 0 Å². The lowest BCUT2D eigenvalue weighted by Gasteiger charge is -2.15. The lowest BCUT2D eigenvalue weighted by molar-refractivity contribution is 0.0727. The van der Waals surface area contributed by atoms with E-state index in [-0.39, 0.29) is 18.0 Å². The quantitative estimate of drug-likeness (QED) is 0.644. The molecule has 1 unspecified atom stereocenters. The highest BCUT2D eigenvalue weighted by Crippen LogP contribution is 2.20. The summed E-state index contributed by atoms with van der Waals surface area (Å²) in [6.45, 7) is 2.44. The Morgan fingerprint density at radius 1 is 1.37 bits per heavy atom. The smallest absolute Gasteiger partial charge is 0.242 e. The standard InChI is InChI=1S/C12H20N2O4S/c1-3-14-19(16,17)12-7-5-4-6-11(12)13-8-10(15)9-18-2/h4-7,10,13-15H,3,8-9H2,1-2H3. The van der Waals surface area contributed by atoms with Gasteiger partial charge in [-0.25, -0.2) is 13.1 Å². The maximum Gasteiger partial charge on any atom is 0.242 e. The molecular formula is C12H20N2O4S. The number of rotatable bonds is 8. The van der Waals surface area contributed by atoms with E-state index in [2.05, 4.69) is 10.0 Å². The SMILES string of the molecule is CCNS(=O)(=O)c1ccccc1NCC(O)COC. The molecule has 0 aliphatic carbocycles. The number of benzene rings is 1. The zero-order valence-electron chi connectivity index (χ0n) is 11.1. The predicted molar refractivity (Wildman–Crippen MR) is 73.7 cm³/mol. The summed E-state index contributed by atoms with van der Waals surface area (Å²) < 4.78 is 31.2. The summed E-state index contributed by atoms with van der Waals surface area (Å²) in [4.78, 5) is 0.168. The van der Waals surface area contributed by atoms with Gasteiger partial charge in [0.15, 0.2) is 0 Å². The van der Waals surface area contributed by atoms with Crippen LogP contribution in [0.3, 0.4) is 0 Å². The zero-order chi connectivity index (χ0) is 14.3. The van der Waals surface area contributed by atoms with E-state index in [1.54, 1.807) is 25.1 Å². The van der Waals surface area contributed by atoms with Crippen LogP contribution < -0.4 is 10.0 Å². The Kier molecular flexibility index (Phi) is 6.23. The number of para-hydroxylation sites is 1. The molecule has 0 aliphatic rings. The van der Waals surface area contributed by atoms with Gasteiger partial charge in [-0.15, -0.1) is 0 Å². The van der Waals surface area contributed by atoms with Crippen molar-refractivity contribution in [1.82, 2.24) is 4.72 Å². The molecule has 0 saturated heterocycles.